The number of para-hydroxylation sites is 3. The van der Waals surface area contributed by atoms with Crippen molar-refractivity contribution in [1.29, 1.82) is 0 Å². The molecule has 2 heterocycles. The maximum absolute atomic E-state index is 9.88. The van der Waals surface area contributed by atoms with Gasteiger partial charge in [-0.1, -0.05) is 24.3 Å². The maximum Gasteiger partial charge on any atom is 0.222 e. The molecule has 0 saturated heterocycles. The van der Waals surface area contributed by atoms with E-state index in [4.69, 9.17) is 9.15 Å². The maximum atomic E-state index is 9.88. The highest BCUT2D eigenvalue weighted by Crippen LogP contribution is 2.31. The first-order chi connectivity index (χ1) is 14.7. The molecule has 3 aromatic carbocycles. The minimum absolute atomic E-state index is 0.0681. The van der Waals surface area contributed by atoms with Gasteiger partial charge in [-0.2, -0.15) is 5.10 Å². The van der Waals surface area contributed by atoms with Crippen molar-refractivity contribution in [3.05, 3.63) is 78.2 Å². The van der Waals surface area contributed by atoms with E-state index in [1.54, 1.807) is 18.2 Å². The fourth-order valence-corrected chi connectivity index (χ4v) is 3.30. The third-order valence-corrected chi connectivity index (χ3v) is 4.79. The van der Waals surface area contributed by atoms with Crippen LogP contribution in [0.4, 0.5) is 5.95 Å². The molecule has 0 aliphatic heterocycles. The first kappa shape index (κ1) is 17.8. The molecule has 7 nitrogen and oxygen atoms in total. The third-order valence-electron chi connectivity index (χ3n) is 4.79. The fraction of sp³-hybridized carbons (Fsp3) is 0.0435. The molecular formula is C23H18N4O3. The van der Waals surface area contributed by atoms with E-state index in [0.29, 0.717) is 28.4 Å². The molecule has 0 atom stereocenters. The number of ether oxygens (including phenoxy) is 1. The van der Waals surface area contributed by atoms with Crippen molar-refractivity contribution in [2.75, 3.05) is 12.5 Å². The summed E-state index contributed by atoms with van der Waals surface area (Å²) >= 11 is 0. The Morgan fingerprint density at radius 1 is 1.03 bits per heavy atom. The number of phenols is 1. The molecule has 2 aromatic heterocycles. The Hall–Kier alpha value is -4.26. The summed E-state index contributed by atoms with van der Waals surface area (Å²) in [6, 6.07) is 22.3. The summed E-state index contributed by atoms with van der Waals surface area (Å²) in [4.78, 5) is 7.69. The van der Waals surface area contributed by atoms with Gasteiger partial charge in [0.15, 0.2) is 11.5 Å². The topological polar surface area (TPSA) is 95.7 Å². The largest absolute Gasteiger partial charge is 0.504 e. The molecule has 0 fully saturated rings. The van der Waals surface area contributed by atoms with E-state index in [9.17, 15) is 5.11 Å². The SMILES string of the molecule is COc1cc(-c2c/c(=N\Nc3nc4ccccc4[nH]3)c3ccccc3o2)ccc1O. The molecule has 0 bridgehead atoms. The van der Waals surface area contributed by atoms with E-state index in [2.05, 4.69) is 20.5 Å². The second-order valence-electron chi connectivity index (χ2n) is 6.70. The van der Waals surface area contributed by atoms with Crippen LogP contribution in [0.3, 0.4) is 0 Å². The van der Waals surface area contributed by atoms with Gasteiger partial charge in [0.2, 0.25) is 5.95 Å². The highest BCUT2D eigenvalue weighted by atomic mass is 16.5. The molecule has 3 N–H and O–H groups in total. The summed E-state index contributed by atoms with van der Waals surface area (Å²) in [6.45, 7) is 0. The molecular weight excluding hydrogens is 380 g/mol. The van der Waals surface area contributed by atoms with Crippen molar-refractivity contribution in [2.45, 2.75) is 0 Å². The van der Waals surface area contributed by atoms with Crippen LogP contribution >= 0.6 is 0 Å². The van der Waals surface area contributed by atoms with Crippen molar-refractivity contribution in [3.8, 4) is 22.8 Å². The van der Waals surface area contributed by atoms with Gasteiger partial charge in [-0.15, -0.1) is 0 Å². The minimum Gasteiger partial charge on any atom is -0.504 e. The number of phenolic OH excluding ortho intramolecular Hbond substituents is 1. The van der Waals surface area contributed by atoms with E-state index in [1.165, 1.54) is 7.11 Å². The third kappa shape index (κ3) is 3.22. The number of nitrogens with zero attached hydrogens (tertiary/aromatic N) is 2. The Morgan fingerprint density at radius 3 is 2.73 bits per heavy atom. The molecule has 0 radical (unpaired) electrons. The lowest BCUT2D eigenvalue weighted by atomic mass is 10.1. The van der Waals surface area contributed by atoms with Gasteiger partial charge in [0.1, 0.15) is 11.3 Å². The second-order valence-corrected chi connectivity index (χ2v) is 6.70. The smallest absolute Gasteiger partial charge is 0.222 e. The molecule has 30 heavy (non-hydrogen) atoms. The summed E-state index contributed by atoms with van der Waals surface area (Å²) in [5.74, 6) is 1.58. The molecule has 0 saturated carbocycles. The summed E-state index contributed by atoms with van der Waals surface area (Å²) in [5.41, 5.74) is 6.24. The zero-order chi connectivity index (χ0) is 20.5. The number of hydrogen-bond acceptors (Lipinski definition) is 6. The zero-order valence-electron chi connectivity index (χ0n) is 16.1. The number of rotatable bonds is 4. The number of anilines is 1. The number of benzene rings is 3. The normalized spacial score (nSPS) is 11.8. The quantitative estimate of drug-likeness (QED) is 0.384. The van der Waals surface area contributed by atoms with Gasteiger partial charge in [-0.25, -0.2) is 10.4 Å². The van der Waals surface area contributed by atoms with E-state index in [-0.39, 0.29) is 5.75 Å². The standard InChI is InChI=1S/C23H18N4O3/c1-29-22-12-14(10-11-19(22)28)21-13-18(15-6-2-5-9-20(15)30-21)26-27-23-24-16-7-3-4-8-17(16)25-23/h2-13,28H,1H3,(H2,24,25,27)/b26-18+. The molecule has 0 amide bonds. The number of imidazole rings is 1. The van der Waals surface area contributed by atoms with Gasteiger partial charge >= 0.3 is 0 Å². The van der Waals surface area contributed by atoms with Crippen LogP contribution in [0.1, 0.15) is 0 Å². The molecule has 0 aliphatic rings. The van der Waals surface area contributed by atoms with Gasteiger partial charge < -0.3 is 19.2 Å². The number of nitrogens with one attached hydrogen (secondary N) is 2. The molecule has 5 aromatic rings. The molecule has 5 rings (SSSR count). The van der Waals surface area contributed by atoms with Gasteiger partial charge in [0.05, 0.1) is 23.5 Å². The first-order valence-corrected chi connectivity index (χ1v) is 9.36. The minimum atomic E-state index is 0.0681. The van der Waals surface area contributed by atoms with E-state index >= 15 is 0 Å². The average Bonchev–Trinajstić information content (AvgIpc) is 3.20. The zero-order valence-corrected chi connectivity index (χ0v) is 16.1. The van der Waals surface area contributed by atoms with Crippen molar-refractivity contribution in [2.24, 2.45) is 5.10 Å². The lowest BCUT2D eigenvalue weighted by Gasteiger charge is -2.08. The van der Waals surface area contributed by atoms with Crippen LogP contribution in [0.15, 0.2) is 82.3 Å². The Morgan fingerprint density at radius 2 is 1.87 bits per heavy atom. The number of methoxy groups -OCH3 is 1. The van der Waals surface area contributed by atoms with Gasteiger partial charge in [0.25, 0.3) is 0 Å². The molecule has 0 spiro atoms. The van der Waals surface area contributed by atoms with E-state index < -0.39 is 0 Å². The average molecular weight is 398 g/mol. The van der Waals surface area contributed by atoms with Crippen molar-refractivity contribution < 1.29 is 14.3 Å². The highest BCUT2D eigenvalue weighted by Gasteiger charge is 2.09. The fourth-order valence-electron chi connectivity index (χ4n) is 3.30. The summed E-state index contributed by atoms with van der Waals surface area (Å²) in [7, 11) is 1.51. The predicted octanol–water partition coefficient (Wildman–Crippen LogP) is 4.62. The summed E-state index contributed by atoms with van der Waals surface area (Å²) < 4.78 is 11.3. The van der Waals surface area contributed by atoms with Crippen LogP contribution in [-0.4, -0.2) is 22.2 Å². The number of aromatic amines is 1. The Balaban J connectivity index is 1.62. The summed E-state index contributed by atoms with van der Waals surface area (Å²) in [6.07, 6.45) is 0. The number of aromatic hydroxyl groups is 1. The number of H-pyrrole nitrogens is 1. The van der Waals surface area contributed by atoms with Gasteiger partial charge in [-0.05, 0) is 42.5 Å². The Kier molecular flexibility index (Phi) is 4.33. The van der Waals surface area contributed by atoms with Crippen molar-refractivity contribution in [3.63, 3.8) is 0 Å². The monoisotopic (exact) mass is 398 g/mol. The number of aromatic nitrogens is 2. The molecule has 148 valence electrons. The van der Waals surface area contributed by atoms with Crippen LogP contribution < -0.4 is 15.5 Å². The summed E-state index contributed by atoms with van der Waals surface area (Å²) in [5, 5.41) is 16.0. The second kappa shape index (κ2) is 7.29. The lowest BCUT2D eigenvalue weighted by molar-refractivity contribution is 0.373. The van der Waals surface area contributed by atoms with Gasteiger partial charge in [0, 0.05) is 17.0 Å². The Labute approximate surface area is 171 Å². The molecule has 0 unspecified atom stereocenters. The van der Waals surface area contributed by atoms with Crippen LogP contribution in [-0.2, 0) is 0 Å². The molecule has 7 heteroatoms. The van der Waals surface area contributed by atoms with Crippen LogP contribution in [0.25, 0.3) is 33.3 Å². The van der Waals surface area contributed by atoms with Crippen molar-refractivity contribution in [1.82, 2.24) is 9.97 Å². The first-order valence-electron chi connectivity index (χ1n) is 9.36. The van der Waals surface area contributed by atoms with E-state index in [1.807, 2.05) is 54.6 Å². The Bertz CT molecular complexity index is 1400. The van der Waals surface area contributed by atoms with Crippen LogP contribution in [0, 0.1) is 0 Å². The number of hydrogen-bond donors (Lipinski definition) is 3. The van der Waals surface area contributed by atoms with Crippen LogP contribution in [0.2, 0.25) is 0 Å². The van der Waals surface area contributed by atoms with Crippen LogP contribution in [0.5, 0.6) is 11.5 Å². The number of fused-ring (bicyclic) bond motifs is 2. The predicted molar refractivity (Wildman–Crippen MR) is 115 cm³/mol. The highest BCUT2D eigenvalue weighted by molar-refractivity contribution is 5.79. The lowest BCUT2D eigenvalue weighted by Crippen LogP contribution is -2.08. The molecule has 0 aliphatic carbocycles. The van der Waals surface area contributed by atoms with Crippen molar-refractivity contribution >= 4 is 28.0 Å². The van der Waals surface area contributed by atoms with Gasteiger partial charge in [-0.3, -0.25) is 0 Å². The van der Waals surface area contributed by atoms with E-state index in [0.717, 1.165) is 22.0 Å².